The first-order chi connectivity index (χ1) is 9.78. The molecule has 3 heteroatoms. The molecule has 0 amide bonds. The molecule has 0 radical (unpaired) electrons. The van der Waals surface area contributed by atoms with Gasteiger partial charge in [0.25, 0.3) is 0 Å². The quantitative estimate of drug-likeness (QED) is 0.664. The van der Waals surface area contributed by atoms with Gasteiger partial charge in [-0.3, -0.25) is 11.3 Å². The fraction of sp³-hybridized carbons (Fsp3) is 0.294. The molecule has 20 heavy (non-hydrogen) atoms. The van der Waals surface area contributed by atoms with Crippen LogP contribution in [0.15, 0.2) is 48.5 Å². The highest BCUT2D eigenvalue weighted by Gasteiger charge is 2.27. The van der Waals surface area contributed by atoms with E-state index < -0.39 is 0 Å². The molecule has 2 unspecified atom stereocenters. The van der Waals surface area contributed by atoms with Gasteiger partial charge in [0.1, 0.15) is 5.75 Å². The van der Waals surface area contributed by atoms with Gasteiger partial charge in [0.05, 0.1) is 12.6 Å². The standard InChI is InChI=1S/C17H20N2O/c1-12-5-4-7-14(9-12)17(19-18)15-10-13-6-2-3-8-16(13)20-11-15/h2-9,15,17,19H,10-11,18H2,1H3. The minimum absolute atomic E-state index is 0.114. The van der Waals surface area contributed by atoms with Crippen molar-refractivity contribution in [2.24, 2.45) is 11.8 Å². The number of benzene rings is 2. The van der Waals surface area contributed by atoms with Crippen LogP contribution in [0.5, 0.6) is 5.75 Å². The van der Waals surface area contributed by atoms with E-state index in [0.717, 1.165) is 12.2 Å². The summed E-state index contributed by atoms with van der Waals surface area (Å²) in [7, 11) is 0. The summed E-state index contributed by atoms with van der Waals surface area (Å²) in [6.07, 6.45) is 0.985. The average Bonchev–Trinajstić information content (AvgIpc) is 2.48. The molecule has 0 bridgehead atoms. The topological polar surface area (TPSA) is 47.3 Å². The van der Waals surface area contributed by atoms with Gasteiger partial charge in [-0.1, -0.05) is 48.0 Å². The van der Waals surface area contributed by atoms with E-state index in [2.05, 4.69) is 48.7 Å². The normalized spacial score (nSPS) is 19.0. The van der Waals surface area contributed by atoms with Gasteiger partial charge in [-0.05, 0) is 30.5 Å². The van der Waals surface area contributed by atoms with Gasteiger partial charge in [-0.25, -0.2) is 0 Å². The Morgan fingerprint density at radius 3 is 2.85 bits per heavy atom. The van der Waals surface area contributed by atoms with E-state index in [0.29, 0.717) is 12.5 Å². The van der Waals surface area contributed by atoms with Crippen LogP contribution in [0.2, 0.25) is 0 Å². The van der Waals surface area contributed by atoms with Gasteiger partial charge in [-0.2, -0.15) is 0 Å². The molecule has 0 spiro atoms. The fourth-order valence-electron chi connectivity index (χ4n) is 2.93. The van der Waals surface area contributed by atoms with Gasteiger partial charge in [-0.15, -0.1) is 0 Å². The molecule has 0 fully saturated rings. The summed E-state index contributed by atoms with van der Waals surface area (Å²) < 4.78 is 5.88. The van der Waals surface area contributed by atoms with Crippen LogP contribution in [0.25, 0.3) is 0 Å². The van der Waals surface area contributed by atoms with Crippen LogP contribution in [0.3, 0.4) is 0 Å². The van der Waals surface area contributed by atoms with Crippen molar-refractivity contribution in [3.8, 4) is 5.75 Å². The van der Waals surface area contributed by atoms with Crippen LogP contribution < -0.4 is 16.0 Å². The molecule has 3 N–H and O–H groups in total. The first kappa shape index (κ1) is 13.2. The molecule has 1 aliphatic rings. The van der Waals surface area contributed by atoms with E-state index >= 15 is 0 Å². The van der Waals surface area contributed by atoms with Gasteiger partial charge in [0, 0.05) is 5.92 Å². The fourth-order valence-corrected chi connectivity index (χ4v) is 2.93. The highest BCUT2D eigenvalue weighted by molar-refractivity contribution is 5.36. The number of fused-ring (bicyclic) bond motifs is 1. The molecule has 1 heterocycles. The summed E-state index contributed by atoms with van der Waals surface area (Å²) in [5.74, 6) is 7.15. The van der Waals surface area contributed by atoms with Crippen LogP contribution in [-0.4, -0.2) is 6.61 Å². The largest absolute Gasteiger partial charge is 0.493 e. The van der Waals surface area contributed by atoms with Gasteiger partial charge < -0.3 is 4.74 Å². The third-order valence-corrected chi connectivity index (χ3v) is 3.96. The first-order valence-corrected chi connectivity index (χ1v) is 7.01. The highest BCUT2D eigenvalue weighted by Crippen LogP contribution is 2.33. The molecule has 0 aliphatic carbocycles. The highest BCUT2D eigenvalue weighted by atomic mass is 16.5. The molecule has 2 atom stereocenters. The van der Waals surface area contributed by atoms with E-state index in [1.165, 1.54) is 16.7 Å². The number of para-hydroxylation sites is 1. The van der Waals surface area contributed by atoms with E-state index in [1.54, 1.807) is 0 Å². The van der Waals surface area contributed by atoms with Crippen molar-refractivity contribution in [2.45, 2.75) is 19.4 Å². The third kappa shape index (κ3) is 2.55. The Bertz CT molecular complexity index is 597. The minimum Gasteiger partial charge on any atom is -0.493 e. The van der Waals surface area contributed by atoms with Crippen molar-refractivity contribution < 1.29 is 4.74 Å². The second-order valence-corrected chi connectivity index (χ2v) is 5.44. The van der Waals surface area contributed by atoms with Crippen molar-refractivity contribution in [1.82, 2.24) is 5.43 Å². The van der Waals surface area contributed by atoms with Crippen LogP contribution in [0.1, 0.15) is 22.7 Å². The molecule has 3 nitrogen and oxygen atoms in total. The maximum Gasteiger partial charge on any atom is 0.122 e. The number of ether oxygens (including phenoxy) is 1. The molecule has 104 valence electrons. The summed E-state index contributed by atoms with van der Waals surface area (Å²) in [4.78, 5) is 0. The van der Waals surface area contributed by atoms with Crippen LogP contribution in [0, 0.1) is 12.8 Å². The number of aryl methyl sites for hydroxylation is 1. The lowest BCUT2D eigenvalue weighted by Crippen LogP contribution is -2.38. The number of rotatable bonds is 3. The van der Waals surface area contributed by atoms with Crippen LogP contribution in [-0.2, 0) is 6.42 Å². The smallest absolute Gasteiger partial charge is 0.122 e. The van der Waals surface area contributed by atoms with Gasteiger partial charge in [0.15, 0.2) is 0 Å². The second-order valence-electron chi connectivity index (χ2n) is 5.44. The van der Waals surface area contributed by atoms with E-state index in [4.69, 9.17) is 10.6 Å². The summed E-state index contributed by atoms with van der Waals surface area (Å²) >= 11 is 0. The van der Waals surface area contributed by atoms with Crippen molar-refractivity contribution in [3.63, 3.8) is 0 Å². The first-order valence-electron chi connectivity index (χ1n) is 7.01. The molecule has 0 saturated carbocycles. The van der Waals surface area contributed by atoms with Crippen molar-refractivity contribution >= 4 is 0 Å². The van der Waals surface area contributed by atoms with Crippen molar-refractivity contribution in [1.29, 1.82) is 0 Å². The van der Waals surface area contributed by atoms with E-state index in [9.17, 15) is 0 Å². The molecule has 0 aromatic heterocycles. The maximum atomic E-state index is 5.88. The molecular weight excluding hydrogens is 248 g/mol. The van der Waals surface area contributed by atoms with Crippen LogP contribution in [0.4, 0.5) is 0 Å². The lowest BCUT2D eigenvalue weighted by atomic mass is 9.86. The predicted molar refractivity (Wildman–Crippen MR) is 80.4 cm³/mol. The average molecular weight is 268 g/mol. The zero-order chi connectivity index (χ0) is 13.9. The van der Waals surface area contributed by atoms with Crippen molar-refractivity contribution in [3.05, 3.63) is 65.2 Å². The molecule has 3 rings (SSSR count). The zero-order valence-electron chi connectivity index (χ0n) is 11.7. The summed E-state index contributed by atoms with van der Waals surface area (Å²) in [5, 5.41) is 0. The minimum atomic E-state index is 0.114. The molecular formula is C17H20N2O. The number of hydrogen-bond donors (Lipinski definition) is 2. The second kappa shape index (κ2) is 5.65. The maximum absolute atomic E-state index is 5.88. The van der Waals surface area contributed by atoms with Gasteiger partial charge in [0.2, 0.25) is 0 Å². The molecule has 0 saturated heterocycles. The Balaban J connectivity index is 1.85. The Morgan fingerprint density at radius 1 is 1.20 bits per heavy atom. The lowest BCUT2D eigenvalue weighted by molar-refractivity contribution is 0.185. The number of hydrazine groups is 1. The Labute approximate surface area is 119 Å². The van der Waals surface area contributed by atoms with Crippen molar-refractivity contribution in [2.75, 3.05) is 6.61 Å². The summed E-state index contributed by atoms with van der Waals surface area (Å²) in [5.41, 5.74) is 6.70. The number of nitrogens with one attached hydrogen (secondary N) is 1. The third-order valence-electron chi connectivity index (χ3n) is 3.96. The molecule has 2 aromatic carbocycles. The Kier molecular flexibility index (Phi) is 3.72. The molecule has 1 aliphatic heterocycles. The number of nitrogens with two attached hydrogens (primary N) is 1. The Hall–Kier alpha value is -1.84. The van der Waals surface area contributed by atoms with E-state index in [-0.39, 0.29) is 6.04 Å². The zero-order valence-corrected chi connectivity index (χ0v) is 11.7. The Morgan fingerprint density at radius 2 is 2.05 bits per heavy atom. The summed E-state index contributed by atoms with van der Waals surface area (Å²) in [6.45, 7) is 2.80. The lowest BCUT2D eigenvalue weighted by Gasteiger charge is -2.31. The molecule has 2 aromatic rings. The number of hydrogen-bond acceptors (Lipinski definition) is 3. The predicted octanol–water partition coefficient (Wildman–Crippen LogP) is 2.75. The van der Waals surface area contributed by atoms with Gasteiger partial charge >= 0.3 is 0 Å². The van der Waals surface area contributed by atoms with Crippen LogP contribution >= 0.6 is 0 Å². The summed E-state index contributed by atoms with van der Waals surface area (Å²) in [6, 6.07) is 16.8. The monoisotopic (exact) mass is 268 g/mol. The SMILES string of the molecule is Cc1cccc(C(NN)C2COc3ccccc3C2)c1. The van der Waals surface area contributed by atoms with E-state index in [1.807, 2.05) is 12.1 Å².